The maximum absolute atomic E-state index is 12.5. The zero-order valence-electron chi connectivity index (χ0n) is 19.3. The van der Waals surface area contributed by atoms with Crippen molar-refractivity contribution in [2.75, 3.05) is 25.5 Å². The molecule has 1 N–H and O–H groups in total. The molecule has 32 heavy (non-hydrogen) atoms. The van der Waals surface area contributed by atoms with Crippen LogP contribution in [-0.4, -0.2) is 52.4 Å². The van der Waals surface area contributed by atoms with Gasteiger partial charge in [-0.15, -0.1) is 0 Å². The molecule has 7 nitrogen and oxygen atoms in total. The first kappa shape index (κ1) is 22.0. The Morgan fingerprint density at radius 1 is 1.19 bits per heavy atom. The van der Waals surface area contributed by atoms with Gasteiger partial charge in [0.25, 0.3) is 0 Å². The number of anilines is 1. The lowest BCUT2D eigenvalue weighted by atomic mass is 10.1. The van der Waals surface area contributed by atoms with E-state index in [1.165, 1.54) is 5.56 Å². The molecule has 3 heterocycles. The first-order valence-electron chi connectivity index (χ1n) is 11.1. The molecule has 7 heteroatoms. The summed E-state index contributed by atoms with van der Waals surface area (Å²) in [5, 5.41) is 4.72. The lowest BCUT2D eigenvalue weighted by Gasteiger charge is -2.34. The van der Waals surface area contributed by atoms with E-state index in [1.54, 1.807) is 12.0 Å². The molecule has 4 rings (SSSR count). The number of nitrogens with zero attached hydrogens (tertiary/aromatic N) is 3. The molecule has 1 aromatic carbocycles. The normalized spacial score (nSPS) is 16.8. The van der Waals surface area contributed by atoms with E-state index in [-0.39, 0.29) is 12.1 Å². The van der Waals surface area contributed by atoms with Crippen molar-refractivity contribution in [1.82, 2.24) is 14.5 Å². The number of hydrogen-bond acceptors (Lipinski definition) is 5. The van der Waals surface area contributed by atoms with Crippen LogP contribution in [0.1, 0.15) is 39.2 Å². The summed E-state index contributed by atoms with van der Waals surface area (Å²) >= 11 is 0. The molecule has 3 aromatic rings. The molecule has 1 atom stereocenters. The summed E-state index contributed by atoms with van der Waals surface area (Å²) in [6.45, 7) is 7.79. The van der Waals surface area contributed by atoms with Gasteiger partial charge in [-0.2, -0.15) is 0 Å². The first-order valence-corrected chi connectivity index (χ1v) is 11.1. The average molecular weight is 437 g/mol. The zero-order valence-corrected chi connectivity index (χ0v) is 19.3. The van der Waals surface area contributed by atoms with Crippen molar-refractivity contribution in [2.45, 2.75) is 51.8 Å². The van der Waals surface area contributed by atoms with Crippen molar-refractivity contribution in [2.24, 2.45) is 0 Å². The Hall–Kier alpha value is -3.22. The second-order valence-electron chi connectivity index (χ2n) is 9.30. The molecule has 1 fully saturated rings. The number of ether oxygens (including phenoxy) is 2. The van der Waals surface area contributed by atoms with Gasteiger partial charge < -0.3 is 24.3 Å². The number of carbonyl (C=O) groups excluding carboxylic acids is 1. The number of amides is 1. The van der Waals surface area contributed by atoms with Gasteiger partial charge in [0.2, 0.25) is 0 Å². The Morgan fingerprint density at radius 3 is 2.69 bits per heavy atom. The Morgan fingerprint density at radius 2 is 1.97 bits per heavy atom. The average Bonchev–Trinajstić information content (AvgIpc) is 3.17. The predicted molar refractivity (Wildman–Crippen MR) is 126 cm³/mol. The second-order valence-corrected chi connectivity index (χ2v) is 9.30. The molecule has 1 unspecified atom stereocenters. The van der Waals surface area contributed by atoms with Gasteiger partial charge in [-0.1, -0.05) is 12.1 Å². The molecule has 0 aliphatic carbocycles. The summed E-state index contributed by atoms with van der Waals surface area (Å²) < 4.78 is 13.0. The van der Waals surface area contributed by atoms with E-state index in [2.05, 4.69) is 39.3 Å². The highest BCUT2D eigenvalue weighted by Gasteiger charge is 2.28. The van der Waals surface area contributed by atoms with Gasteiger partial charge in [0.05, 0.1) is 7.11 Å². The van der Waals surface area contributed by atoms with E-state index in [9.17, 15) is 4.79 Å². The minimum absolute atomic E-state index is 0.173. The molecule has 1 saturated heterocycles. The van der Waals surface area contributed by atoms with Crippen molar-refractivity contribution in [3.63, 3.8) is 0 Å². The minimum Gasteiger partial charge on any atom is -0.497 e. The van der Waals surface area contributed by atoms with E-state index < -0.39 is 5.60 Å². The van der Waals surface area contributed by atoms with Crippen LogP contribution in [-0.2, 0) is 11.3 Å². The molecule has 0 spiro atoms. The van der Waals surface area contributed by atoms with E-state index in [0.29, 0.717) is 6.54 Å². The van der Waals surface area contributed by atoms with Gasteiger partial charge in [0.1, 0.15) is 17.0 Å². The van der Waals surface area contributed by atoms with Crippen LogP contribution in [0.3, 0.4) is 0 Å². The summed E-state index contributed by atoms with van der Waals surface area (Å²) in [5.41, 5.74) is 2.68. The molecule has 0 saturated carbocycles. The molecule has 0 radical (unpaired) electrons. The Balaban J connectivity index is 1.47. The highest BCUT2D eigenvalue weighted by Crippen LogP contribution is 2.26. The van der Waals surface area contributed by atoms with Crippen molar-refractivity contribution in [1.29, 1.82) is 0 Å². The van der Waals surface area contributed by atoms with Crippen molar-refractivity contribution >= 4 is 22.8 Å². The number of fused-ring (bicyclic) bond motifs is 1. The SMILES string of the molecule is COc1ccc(Cn2ccc3c(NC4CCCN(C(=O)OC(C)(C)C)C4)ccnc32)cc1. The van der Waals surface area contributed by atoms with Gasteiger partial charge in [-0.25, -0.2) is 9.78 Å². The number of methoxy groups -OCH3 is 1. The van der Waals surface area contributed by atoms with Crippen molar-refractivity contribution in [3.8, 4) is 5.75 Å². The van der Waals surface area contributed by atoms with Gasteiger partial charge >= 0.3 is 6.09 Å². The number of pyridine rings is 1. The number of rotatable bonds is 5. The lowest BCUT2D eigenvalue weighted by Crippen LogP contribution is -2.47. The van der Waals surface area contributed by atoms with Crippen molar-refractivity contribution in [3.05, 3.63) is 54.4 Å². The molecular formula is C25H32N4O3. The first-order chi connectivity index (χ1) is 15.3. The van der Waals surface area contributed by atoms with Gasteiger partial charge in [-0.05, 0) is 63.4 Å². The van der Waals surface area contributed by atoms with Crippen LogP contribution in [0.5, 0.6) is 5.75 Å². The van der Waals surface area contributed by atoms with Gasteiger partial charge in [0, 0.05) is 49.1 Å². The maximum atomic E-state index is 12.5. The van der Waals surface area contributed by atoms with E-state index in [1.807, 2.05) is 45.2 Å². The Labute approximate surface area is 189 Å². The largest absolute Gasteiger partial charge is 0.497 e. The van der Waals surface area contributed by atoms with Crippen molar-refractivity contribution < 1.29 is 14.3 Å². The highest BCUT2D eigenvalue weighted by molar-refractivity contribution is 5.89. The summed E-state index contributed by atoms with van der Waals surface area (Å²) in [6.07, 6.45) is 5.62. The minimum atomic E-state index is -0.485. The third-order valence-corrected chi connectivity index (χ3v) is 5.61. The highest BCUT2D eigenvalue weighted by atomic mass is 16.6. The Bertz CT molecular complexity index is 1070. The summed E-state index contributed by atoms with van der Waals surface area (Å²) in [7, 11) is 1.67. The molecule has 1 aliphatic rings. The number of hydrogen-bond donors (Lipinski definition) is 1. The fourth-order valence-corrected chi connectivity index (χ4v) is 4.08. The predicted octanol–water partition coefficient (Wildman–Crippen LogP) is 4.90. The van der Waals surface area contributed by atoms with E-state index in [0.717, 1.165) is 48.4 Å². The molecule has 1 amide bonds. The van der Waals surface area contributed by atoms with Gasteiger partial charge in [0.15, 0.2) is 0 Å². The summed E-state index contributed by atoms with van der Waals surface area (Å²) in [5.74, 6) is 0.851. The number of carbonyl (C=O) groups is 1. The van der Waals surface area contributed by atoms with Crippen LogP contribution < -0.4 is 10.1 Å². The third kappa shape index (κ3) is 5.15. The van der Waals surface area contributed by atoms with Crippen LogP contribution in [0.4, 0.5) is 10.5 Å². The fraction of sp³-hybridized carbons (Fsp3) is 0.440. The maximum Gasteiger partial charge on any atom is 0.410 e. The Kier molecular flexibility index (Phi) is 6.26. The number of likely N-dealkylation sites (tertiary alicyclic amines) is 1. The second kappa shape index (κ2) is 9.10. The van der Waals surface area contributed by atoms with E-state index in [4.69, 9.17) is 9.47 Å². The molecular weight excluding hydrogens is 404 g/mol. The third-order valence-electron chi connectivity index (χ3n) is 5.61. The monoisotopic (exact) mass is 436 g/mol. The van der Waals surface area contributed by atoms with Crippen LogP contribution >= 0.6 is 0 Å². The standard InChI is InChI=1S/C25H32N4O3/c1-25(2,3)32-24(30)29-14-5-6-19(17-29)27-22-11-13-26-23-21(22)12-15-28(23)16-18-7-9-20(31-4)10-8-18/h7-13,15,19H,5-6,14,16-17H2,1-4H3,(H,26,27). The van der Waals surface area contributed by atoms with Crippen LogP contribution in [0.15, 0.2) is 48.8 Å². The lowest BCUT2D eigenvalue weighted by molar-refractivity contribution is 0.0206. The fourth-order valence-electron chi connectivity index (χ4n) is 4.08. The number of aromatic nitrogens is 2. The number of nitrogens with one attached hydrogen (secondary N) is 1. The summed E-state index contributed by atoms with van der Waals surface area (Å²) in [4.78, 5) is 18.9. The topological polar surface area (TPSA) is 68.6 Å². The van der Waals surface area contributed by atoms with Crippen LogP contribution in [0.2, 0.25) is 0 Å². The smallest absolute Gasteiger partial charge is 0.410 e. The molecule has 0 bridgehead atoms. The zero-order chi connectivity index (χ0) is 22.7. The number of piperidine rings is 1. The molecule has 170 valence electrons. The molecule has 1 aliphatic heterocycles. The van der Waals surface area contributed by atoms with Gasteiger partial charge in [-0.3, -0.25) is 0 Å². The van der Waals surface area contributed by atoms with E-state index >= 15 is 0 Å². The summed E-state index contributed by atoms with van der Waals surface area (Å²) in [6, 6.07) is 12.4. The quantitative estimate of drug-likeness (QED) is 0.616. The molecule has 2 aromatic heterocycles. The van der Waals surface area contributed by atoms with Crippen LogP contribution in [0.25, 0.3) is 11.0 Å². The van der Waals surface area contributed by atoms with Crippen LogP contribution in [0, 0.1) is 0 Å². The number of benzene rings is 1.